The van der Waals surface area contributed by atoms with Crippen LogP contribution in [0, 0.1) is 0 Å². The first-order valence-electron chi connectivity index (χ1n) is 8.73. The van der Waals surface area contributed by atoms with Crippen molar-refractivity contribution in [3.05, 3.63) is 45.6 Å². The number of aromatic nitrogens is 2. The molecule has 1 saturated carbocycles. The predicted octanol–water partition coefficient (Wildman–Crippen LogP) is 4.67. The van der Waals surface area contributed by atoms with E-state index in [-0.39, 0.29) is 5.91 Å². The van der Waals surface area contributed by atoms with E-state index in [1.54, 1.807) is 11.9 Å². The van der Waals surface area contributed by atoms with Gasteiger partial charge in [0.2, 0.25) is 5.91 Å². The molecular weight excluding hydrogens is 400 g/mol. The zero-order valence-corrected chi connectivity index (χ0v) is 17.2. The van der Waals surface area contributed by atoms with Crippen molar-refractivity contribution < 1.29 is 4.79 Å². The Bertz CT molecular complexity index is 973. The van der Waals surface area contributed by atoms with Gasteiger partial charge in [-0.3, -0.25) is 4.79 Å². The molecule has 8 heteroatoms. The third kappa shape index (κ3) is 4.72. The summed E-state index contributed by atoms with van der Waals surface area (Å²) in [7, 11) is 1.80. The number of hydrogen-bond acceptors (Lipinski definition) is 6. The Kier molecular flexibility index (Phi) is 5.52. The second-order valence-corrected chi connectivity index (χ2v) is 9.28. The molecule has 0 bridgehead atoms. The zero-order valence-electron chi connectivity index (χ0n) is 14.8. The van der Waals surface area contributed by atoms with E-state index in [2.05, 4.69) is 15.3 Å². The highest BCUT2D eigenvalue weighted by Gasteiger charge is 2.23. The number of anilines is 1. The van der Waals surface area contributed by atoms with Gasteiger partial charge in [0.05, 0.1) is 22.2 Å². The predicted molar refractivity (Wildman–Crippen MR) is 113 cm³/mol. The molecule has 1 aliphatic carbocycles. The molecule has 2 aromatic heterocycles. The van der Waals surface area contributed by atoms with Crippen LogP contribution in [0.15, 0.2) is 41.6 Å². The Hall–Kier alpha value is -1.83. The van der Waals surface area contributed by atoms with Gasteiger partial charge in [0.15, 0.2) is 5.16 Å². The fraction of sp³-hybridized carbons (Fsp3) is 0.316. The van der Waals surface area contributed by atoms with Crippen molar-refractivity contribution in [2.45, 2.75) is 30.6 Å². The zero-order chi connectivity index (χ0) is 18.8. The minimum absolute atomic E-state index is 0.0398. The van der Waals surface area contributed by atoms with E-state index < -0.39 is 0 Å². The molecule has 0 saturated heterocycles. The van der Waals surface area contributed by atoms with E-state index in [1.165, 1.54) is 35.9 Å². The van der Waals surface area contributed by atoms with Gasteiger partial charge in [-0.05, 0) is 37.1 Å². The van der Waals surface area contributed by atoms with Crippen LogP contribution in [0.4, 0.5) is 5.82 Å². The van der Waals surface area contributed by atoms with Crippen molar-refractivity contribution in [1.29, 1.82) is 0 Å². The minimum Gasteiger partial charge on any atom is -0.367 e. The monoisotopic (exact) mass is 418 g/mol. The van der Waals surface area contributed by atoms with Crippen LogP contribution in [0.2, 0.25) is 4.34 Å². The standard InChI is InChI=1S/C19H19ClN4OS2/c1-24(10-13-8-9-16(20)27-13)17(25)11-26-19-22-15-5-3-2-4-14(15)18(23-19)21-12-6-7-12/h2-5,8-9,12H,6-7,10-11H2,1H3,(H,21,22,23). The lowest BCUT2D eigenvalue weighted by Crippen LogP contribution is -2.27. The largest absolute Gasteiger partial charge is 0.367 e. The van der Waals surface area contributed by atoms with Gasteiger partial charge in [0.25, 0.3) is 0 Å². The summed E-state index contributed by atoms with van der Waals surface area (Å²) in [4.78, 5) is 24.5. The molecule has 1 N–H and O–H groups in total. The number of nitrogens with one attached hydrogen (secondary N) is 1. The molecule has 140 valence electrons. The van der Waals surface area contributed by atoms with Crippen molar-refractivity contribution in [2.75, 3.05) is 18.1 Å². The number of hydrogen-bond donors (Lipinski definition) is 1. The van der Waals surface area contributed by atoms with Crippen molar-refractivity contribution in [3.63, 3.8) is 0 Å². The summed E-state index contributed by atoms with van der Waals surface area (Å²) in [5.74, 6) is 1.20. The van der Waals surface area contributed by atoms with E-state index >= 15 is 0 Å². The molecule has 0 aliphatic heterocycles. The van der Waals surface area contributed by atoms with Gasteiger partial charge in [-0.1, -0.05) is 35.5 Å². The van der Waals surface area contributed by atoms with E-state index in [1.807, 2.05) is 36.4 Å². The molecular formula is C19H19ClN4OS2. The number of rotatable bonds is 7. The molecule has 1 fully saturated rings. The number of thiophene rings is 1. The lowest BCUT2D eigenvalue weighted by molar-refractivity contribution is -0.127. The first-order chi connectivity index (χ1) is 13.1. The number of carbonyl (C=O) groups is 1. The van der Waals surface area contributed by atoms with Crippen molar-refractivity contribution in [1.82, 2.24) is 14.9 Å². The molecule has 0 unspecified atom stereocenters. The summed E-state index contributed by atoms with van der Waals surface area (Å²) in [5.41, 5.74) is 0.896. The second kappa shape index (κ2) is 8.04. The van der Waals surface area contributed by atoms with Crippen molar-refractivity contribution in [3.8, 4) is 0 Å². The summed E-state index contributed by atoms with van der Waals surface area (Å²) in [6, 6.07) is 12.3. The molecule has 1 amide bonds. The van der Waals surface area contributed by atoms with Gasteiger partial charge in [-0.25, -0.2) is 9.97 Å². The van der Waals surface area contributed by atoms with E-state index in [9.17, 15) is 4.79 Å². The maximum atomic E-state index is 12.5. The first-order valence-corrected chi connectivity index (χ1v) is 10.9. The van der Waals surface area contributed by atoms with Gasteiger partial charge in [-0.15, -0.1) is 11.3 Å². The normalized spacial score (nSPS) is 13.7. The maximum absolute atomic E-state index is 12.5. The third-order valence-corrected chi connectivity index (χ3v) is 6.32. The number of nitrogens with zero attached hydrogens (tertiary/aromatic N) is 3. The Labute approximate surface area is 171 Å². The highest BCUT2D eigenvalue weighted by Crippen LogP contribution is 2.30. The molecule has 0 radical (unpaired) electrons. The number of carbonyl (C=O) groups excluding carboxylic acids is 1. The topological polar surface area (TPSA) is 58.1 Å². The number of halogens is 1. The summed E-state index contributed by atoms with van der Waals surface area (Å²) in [5, 5.41) is 5.12. The van der Waals surface area contributed by atoms with Crippen LogP contribution in [0.25, 0.3) is 10.9 Å². The van der Waals surface area contributed by atoms with E-state index in [4.69, 9.17) is 11.6 Å². The molecule has 2 heterocycles. The average Bonchev–Trinajstić information content (AvgIpc) is 3.39. The Morgan fingerprint density at radius 3 is 2.85 bits per heavy atom. The molecule has 5 nitrogen and oxygen atoms in total. The Morgan fingerprint density at radius 2 is 2.11 bits per heavy atom. The van der Waals surface area contributed by atoms with Gasteiger partial charge in [0.1, 0.15) is 5.82 Å². The Morgan fingerprint density at radius 1 is 1.30 bits per heavy atom. The molecule has 3 aromatic rings. The van der Waals surface area contributed by atoms with Gasteiger partial charge in [0, 0.05) is 23.4 Å². The maximum Gasteiger partial charge on any atom is 0.233 e. The fourth-order valence-electron chi connectivity index (χ4n) is 2.65. The van der Waals surface area contributed by atoms with Crippen LogP contribution in [-0.4, -0.2) is 39.6 Å². The molecule has 27 heavy (non-hydrogen) atoms. The third-order valence-electron chi connectivity index (χ3n) is 4.27. The number of fused-ring (bicyclic) bond motifs is 1. The summed E-state index contributed by atoms with van der Waals surface area (Å²) < 4.78 is 0.737. The molecule has 1 aliphatic rings. The molecule has 0 atom stereocenters. The Balaban J connectivity index is 1.44. The van der Waals surface area contributed by atoms with E-state index in [0.29, 0.717) is 23.5 Å². The number of para-hydroxylation sites is 1. The van der Waals surface area contributed by atoms with Crippen LogP contribution in [0.5, 0.6) is 0 Å². The number of thioether (sulfide) groups is 1. The van der Waals surface area contributed by atoms with Crippen LogP contribution in [-0.2, 0) is 11.3 Å². The molecule has 0 spiro atoms. The van der Waals surface area contributed by atoms with Crippen molar-refractivity contribution in [2.24, 2.45) is 0 Å². The first kappa shape index (κ1) is 18.5. The number of benzene rings is 1. The van der Waals surface area contributed by atoms with E-state index in [0.717, 1.165) is 25.9 Å². The van der Waals surface area contributed by atoms with Gasteiger partial charge < -0.3 is 10.2 Å². The summed E-state index contributed by atoms with van der Waals surface area (Å²) in [6.07, 6.45) is 2.35. The fourth-order valence-corrected chi connectivity index (χ4v) is 4.58. The summed E-state index contributed by atoms with van der Waals surface area (Å²) >= 11 is 8.82. The average molecular weight is 419 g/mol. The van der Waals surface area contributed by atoms with Crippen LogP contribution in [0.1, 0.15) is 17.7 Å². The van der Waals surface area contributed by atoms with Gasteiger partial charge >= 0.3 is 0 Å². The lowest BCUT2D eigenvalue weighted by Gasteiger charge is -2.16. The SMILES string of the molecule is CN(Cc1ccc(Cl)s1)C(=O)CSc1nc(NC2CC2)c2ccccc2n1. The van der Waals surface area contributed by atoms with Crippen LogP contribution in [0.3, 0.4) is 0 Å². The highest BCUT2D eigenvalue weighted by atomic mass is 35.5. The quantitative estimate of drug-likeness (QED) is 0.446. The van der Waals surface area contributed by atoms with Crippen LogP contribution >= 0.6 is 34.7 Å². The lowest BCUT2D eigenvalue weighted by atomic mass is 10.2. The highest BCUT2D eigenvalue weighted by molar-refractivity contribution is 7.99. The minimum atomic E-state index is 0.0398. The smallest absolute Gasteiger partial charge is 0.233 e. The van der Waals surface area contributed by atoms with Crippen molar-refractivity contribution >= 4 is 57.3 Å². The molecule has 1 aromatic carbocycles. The second-order valence-electron chi connectivity index (χ2n) is 6.53. The van der Waals surface area contributed by atoms with Gasteiger partial charge in [-0.2, -0.15) is 0 Å². The number of amides is 1. The summed E-state index contributed by atoms with van der Waals surface area (Å²) in [6.45, 7) is 0.559. The molecule has 4 rings (SSSR count). The van der Waals surface area contributed by atoms with Crippen LogP contribution < -0.4 is 5.32 Å².